The summed E-state index contributed by atoms with van der Waals surface area (Å²) < 4.78 is 0. The first-order valence-corrected chi connectivity index (χ1v) is 6.31. The monoisotopic (exact) mass is 221 g/mol. The van der Waals surface area contributed by atoms with Gasteiger partial charge in [0.2, 0.25) is 0 Å². The fourth-order valence-corrected chi connectivity index (χ4v) is 1.68. The van der Waals surface area contributed by atoms with Crippen molar-refractivity contribution in [2.45, 2.75) is 58.5 Å². The molecule has 0 saturated carbocycles. The van der Waals surface area contributed by atoms with Crippen LogP contribution >= 0.6 is 0 Å². The van der Waals surface area contributed by atoms with Crippen LogP contribution in [-0.2, 0) is 6.54 Å². The van der Waals surface area contributed by atoms with Gasteiger partial charge in [-0.25, -0.2) is 9.97 Å². The average molecular weight is 221 g/mol. The quantitative estimate of drug-likeness (QED) is 0.686. The molecule has 0 amide bonds. The third-order valence-electron chi connectivity index (χ3n) is 2.77. The lowest BCUT2D eigenvalue weighted by Crippen LogP contribution is -2.25. The standard InChI is InChI=1S/C13H23N3/c1-3-4-5-6-7-12(2)15-10-13-8-9-14-11-16-13/h8-9,11-12,15H,3-7,10H2,1-2H3. The van der Waals surface area contributed by atoms with Crippen molar-refractivity contribution < 1.29 is 0 Å². The molecule has 1 N–H and O–H groups in total. The molecular formula is C13H23N3. The largest absolute Gasteiger partial charge is 0.309 e. The van der Waals surface area contributed by atoms with Crippen molar-refractivity contribution in [3.63, 3.8) is 0 Å². The average Bonchev–Trinajstić information content (AvgIpc) is 2.33. The van der Waals surface area contributed by atoms with Gasteiger partial charge in [-0.05, 0) is 19.4 Å². The molecule has 3 nitrogen and oxygen atoms in total. The van der Waals surface area contributed by atoms with Gasteiger partial charge in [-0.2, -0.15) is 0 Å². The smallest absolute Gasteiger partial charge is 0.115 e. The summed E-state index contributed by atoms with van der Waals surface area (Å²) >= 11 is 0. The minimum absolute atomic E-state index is 0.576. The zero-order valence-corrected chi connectivity index (χ0v) is 10.4. The lowest BCUT2D eigenvalue weighted by atomic mass is 10.1. The molecular weight excluding hydrogens is 198 g/mol. The molecule has 1 unspecified atom stereocenters. The Hall–Kier alpha value is -0.960. The van der Waals surface area contributed by atoms with Crippen LogP contribution < -0.4 is 5.32 Å². The molecule has 0 bridgehead atoms. The third-order valence-corrected chi connectivity index (χ3v) is 2.77. The summed E-state index contributed by atoms with van der Waals surface area (Å²) in [7, 11) is 0. The normalized spacial score (nSPS) is 12.6. The molecule has 0 aliphatic heterocycles. The molecule has 16 heavy (non-hydrogen) atoms. The first-order chi connectivity index (χ1) is 7.83. The molecule has 0 aliphatic carbocycles. The second-order valence-electron chi connectivity index (χ2n) is 4.33. The van der Waals surface area contributed by atoms with Crippen LogP contribution in [0.4, 0.5) is 0 Å². The Kier molecular flexibility index (Phi) is 6.74. The van der Waals surface area contributed by atoms with E-state index in [1.807, 2.05) is 6.07 Å². The van der Waals surface area contributed by atoms with Gasteiger partial charge >= 0.3 is 0 Å². The van der Waals surface area contributed by atoms with Gasteiger partial charge in [0.25, 0.3) is 0 Å². The van der Waals surface area contributed by atoms with E-state index < -0.39 is 0 Å². The minimum Gasteiger partial charge on any atom is -0.309 e. The predicted octanol–water partition coefficient (Wildman–Crippen LogP) is 2.93. The number of rotatable bonds is 8. The molecule has 1 aromatic heterocycles. The van der Waals surface area contributed by atoms with Crippen molar-refractivity contribution in [3.8, 4) is 0 Å². The molecule has 3 heteroatoms. The Bertz CT molecular complexity index is 261. The van der Waals surface area contributed by atoms with E-state index in [9.17, 15) is 0 Å². The van der Waals surface area contributed by atoms with Gasteiger partial charge < -0.3 is 5.32 Å². The summed E-state index contributed by atoms with van der Waals surface area (Å²) in [5.41, 5.74) is 1.07. The van der Waals surface area contributed by atoms with E-state index in [0.717, 1.165) is 12.2 Å². The molecule has 0 radical (unpaired) electrons. The van der Waals surface area contributed by atoms with Gasteiger partial charge in [-0.3, -0.25) is 0 Å². The van der Waals surface area contributed by atoms with Crippen LogP contribution in [0.3, 0.4) is 0 Å². The van der Waals surface area contributed by atoms with Gasteiger partial charge in [0.15, 0.2) is 0 Å². The van der Waals surface area contributed by atoms with Crippen LogP contribution in [0, 0.1) is 0 Å². The topological polar surface area (TPSA) is 37.8 Å². The minimum atomic E-state index is 0.576. The molecule has 0 aromatic carbocycles. The molecule has 1 atom stereocenters. The highest BCUT2D eigenvalue weighted by molar-refractivity contribution is 4.97. The van der Waals surface area contributed by atoms with E-state index in [1.54, 1.807) is 12.5 Å². The maximum absolute atomic E-state index is 4.19. The van der Waals surface area contributed by atoms with E-state index in [0.29, 0.717) is 6.04 Å². The van der Waals surface area contributed by atoms with Crippen molar-refractivity contribution >= 4 is 0 Å². The maximum Gasteiger partial charge on any atom is 0.115 e. The Balaban J connectivity index is 2.08. The summed E-state index contributed by atoms with van der Waals surface area (Å²) in [6.45, 7) is 5.33. The summed E-state index contributed by atoms with van der Waals surface area (Å²) in [6, 6.07) is 2.53. The number of hydrogen-bond acceptors (Lipinski definition) is 3. The second-order valence-corrected chi connectivity index (χ2v) is 4.33. The second kappa shape index (κ2) is 8.22. The fourth-order valence-electron chi connectivity index (χ4n) is 1.68. The van der Waals surface area contributed by atoms with Gasteiger partial charge in [0, 0.05) is 18.8 Å². The summed E-state index contributed by atoms with van der Waals surface area (Å²) in [4.78, 5) is 8.09. The summed E-state index contributed by atoms with van der Waals surface area (Å²) in [5.74, 6) is 0. The Labute approximate surface area is 98.7 Å². The van der Waals surface area contributed by atoms with Crippen molar-refractivity contribution in [2.75, 3.05) is 0 Å². The highest BCUT2D eigenvalue weighted by atomic mass is 14.9. The highest BCUT2D eigenvalue weighted by Gasteiger charge is 2.01. The Morgan fingerprint density at radius 3 is 2.88 bits per heavy atom. The van der Waals surface area contributed by atoms with Crippen LogP contribution in [0.1, 0.15) is 51.6 Å². The Morgan fingerprint density at radius 2 is 2.19 bits per heavy atom. The lowest BCUT2D eigenvalue weighted by Gasteiger charge is -2.12. The number of nitrogens with zero attached hydrogens (tertiary/aromatic N) is 2. The van der Waals surface area contributed by atoms with Crippen molar-refractivity contribution in [3.05, 3.63) is 24.3 Å². The lowest BCUT2D eigenvalue weighted by molar-refractivity contribution is 0.479. The number of hydrogen-bond donors (Lipinski definition) is 1. The Morgan fingerprint density at radius 1 is 1.31 bits per heavy atom. The molecule has 0 aliphatic rings. The molecule has 0 saturated heterocycles. The van der Waals surface area contributed by atoms with Crippen LogP contribution in [0.2, 0.25) is 0 Å². The molecule has 0 spiro atoms. The predicted molar refractivity (Wildman–Crippen MR) is 67.1 cm³/mol. The van der Waals surface area contributed by atoms with Gasteiger partial charge in [-0.15, -0.1) is 0 Å². The molecule has 1 heterocycles. The van der Waals surface area contributed by atoms with Crippen LogP contribution in [0.15, 0.2) is 18.6 Å². The van der Waals surface area contributed by atoms with E-state index >= 15 is 0 Å². The SMILES string of the molecule is CCCCCCC(C)NCc1ccncn1. The fraction of sp³-hybridized carbons (Fsp3) is 0.692. The van der Waals surface area contributed by atoms with Crippen molar-refractivity contribution in [1.29, 1.82) is 0 Å². The van der Waals surface area contributed by atoms with E-state index in [-0.39, 0.29) is 0 Å². The molecule has 0 fully saturated rings. The molecule has 90 valence electrons. The number of nitrogens with one attached hydrogen (secondary N) is 1. The summed E-state index contributed by atoms with van der Waals surface area (Å²) in [5, 5.41) is 3.49. The number of aromatic nitrogens is 2. The van der Waals surface area contributed by atoms with Crippen LogP contribution in [0.25, 0.3) is 0 Å². The van der Waals surface area contributed by atoms with E-state index in [4.69, 9.17) is 0 Å². The zero-order valence-electron chi connectivity index (χ0n) is 10.4. The van der Waals surface area contributed by atoms with E-state index in [1.165, 1.54) is 32.1 Å². The van der Waals surface area contributed by atoms with E-state index in [2.05, 4.69) is 29.1 Å². The summed E-state index contributed by atoms with van der Waals surface area (Å²) in [6.07, 6.45) is 9.99. The van der Waals surface area contributed by atoms with Gasteiger partial charge in [-0.1, -0.05) is 32.6 Å². The first kappa shape index (κ1) is 13.1. The zero-order chi connectivity index (χ0) is 11.6. The molecule has 1 aromatic rings. The van der Waals surface area contributed by atoms with Crippen LogP contribution in [0.5, 0.6) is 0 Å². The maximum atomic E-state index is 4.19. The highest BCUT2D eigenvalue weighted by Crippen LogP contribution is 2.05. The van der Waals surface area contributed by atoms with Crippen LogP contribution in [-0.4, -0.2) is 16.0 Å². The van der Waals surface area contributed by atoms with Crippen molar-refractivity contribution in [2.24, 2.45) is 0 Å². The van der Waals surface area contributed by atoms with Gasteiger partial charge in [0.05, 0.1) is 5.69 Å². The molecule has 1 rings (SSSR count). The number of unbranched alkanes of at least 4 members (excludes halogenated alkanes) is 3. The van der Waals surface area contributed by atoms with Gasteiger partial charge in [0.1, 0.15) is 6.33 Å². The third kappa shape index (κ3) is 5.81. The van der Waals surface area contributed by atoms with Crippen molar-refractivity contribution in [1.82, 2.24) is 15.3 Å². The first-order valence-electron chi connectivity index (χ1n) is 6.31.